The highest BCUT2D eigenvalue weighted by atomic mass is 32.1. The van der Waals surface area contributed by atoms with Crippen LogP contribution in [0.15, 0.2) is 17.5 Å². The van der Waals surface area contributed by atoms with Gasteiger partial charge in [-0.05, 0) is 49.7 Å². The Bertz CT molecular complexity index is 421. The maximum atomic E-state index is 11.9. The molecule has 0 bridgehead atoms. The van der Waals surface area contributed by atoms with Crippen molar-refractivity contribution in [2.75, 3.05) is 32.8 Å². The van der Waals surface area contributed by atoms with E-state index >= 15 is 0 Å². The van der Waals surface area contributed by atoms with Crippen LogP contribution in [-0.4, -0.2) is 49.7 Å². The van der Waals surface area contributed by atoms with Gasteiger partial charge >= 0.3 is 0 Å². The molecule has 0 aliphatic carbocycles. The van der Waals surface area contributed by atoms with Gasteiger partial charge in [-0.2, -0.15) is 0 Å². The van der Waals surface area contributed by atoms with Crippen LogP contribution in [-0.2, 0) is 4.74 Å². The van der Waals surface area contributed by atoms with Crippen molar-refractivity contribution in [3.05, 3.63) is 22.4 Å². The molecule has 2 aliphatic rings. The third kappa shape index (κ3) is 3.40. The van der Waals surface area contributed by atoms with Crippen molar-refractivity contribution in [2.24, 2.45) is 5.92 Å². The fraction of sp³-hybridized carbons (Fsp3) is 0.667. The molecule has 3 rings (SSSR count). The van der Waals surface area contributed by atoms with Crippen molar-refractivity contribution in [3.63, 3.8) is 0 Å². The van der Waals surface area contributed by atoms with Gasteiger partial charge in [0, 0.05) is 19.2 Å². The van der Waals surface area contributed by atoms with Crippen molar-refractivity contribution in [1.82, 2.24) is 10.2 Å². The van der Waals surface area contributed by atoms with Crippen molar-refractivity contribution in [2.45, 2.75) is 25.3 Å². The monoisotopic (exact) mass is 294 g/mol. The zero-order valence-corrected chi connectivity index (χ0v) is 12.5. The van der Waals surface area contributed by atoms with E-state index in [1.807, 2.05) is 17.5 Å². The van der Waals surface area contributed by atoms with Gasteiger partial charge in [0.25, 0.3) is 5.91 Å². The molecule has 1 N–H and O–H groups in total. The van der Waals surface area contributed by atoms with Crippen LogP contribution in [0, 0.1) is 5.92 Å². The molecular weight excluding hydrogens is 272 g/mol. The Morgan fingerprint density at radius 1 is 1.40 bits per heavy atom. The number of thiophene rings is 1. The Hall–Kier alpha value is -0.910. The van der Waals surface area contributed by atoms with Gasteiger partial charge in [0.05, 0.1) is 11.5 Å². The molecule has 2 aliphatic heterocycles. The Morgan fingerprint density at radius 2 is 2.25 bits per heavy atom. The molecule has 4 nitrogen and oxygen atoms in total. The first-order chi connectivity index (χ1) is 9.83. The number of likely N-dealkylation sites (tertiary alicyclic amines) is 1. The van der Waals surface area contributed by atoms with Crippen LogP contribution < -0.4 is 5.32 Å². The van der Waals surface area contributed by atoms with Gasteiger partial charge in [0.15, 0.2) is 0 Å². The minimum absolute atomic E-state index is 0.0756. The van der Waals surface area contributed by atoms with Crippen molar-refractivity contribution in [3.8, 4) is 0 Å². The highest BCUT2D eigenvalue weighted by Gasteiger charge is 2.27. The Morgan fingerprint density at radius 3 is 2.90 bits per heavy atom. The van der Waals surface area contributed by atoms with E-state index in [9.17, 15) is 4.79 Å². The predicted molar refractivity (Wildman–Crippen MR) is 80.2 cm³/mol. The molecule has 1 aromatic heterocycles. The zero-order chi connectivity index (χ0) is 13.8. The first kappa shape index (κ1) is 14.0. The van der Waals surface area contributed by atoms with Gasteiger partial charge in [0.1, 0.15) is 0 Å². The van der Waals surface area contributed by atoms with E-state index in [1.165, 1.54) is 30.6 Å². The molecule has 2 saturated heterocycles. The quantitative estimate of drug-likeness (QED) is 0.923. The first-order valence-corrected chi connectivity index (χ1v) is 8.34. The normalized spacial score (nSPS) is 24.9. The van der Waals surface area contributed by atoms with Crippen LogP contribution in [0.5, 0.6) is 0 Å². The summed E-state index contributed by atoms with van der Waals surface area (Å²) in [5.41, 5.74) is 0. The van der Waals surface area contributed by atoms with Crippen molar-refractivity contribution < 1.29 is 9.53 Å². The smallest absolute Gasteiger partial charge is 0.261 e. The Balaban J connectivity index is 1.39. The average molecular weight is 294 g/mol. The van der Waals surface area contributed by atoms with Crippen LogP contribution >= 0.6 is 11.3 Å². The predicted octanol–water partition coefficient (Wildman–Crippen LogP) is 1.98. The number of hydrogen-bond donors (Lipinski definition) is 1. The largest absolute Gasteiger partial charge is 0.380 e. The maximum Gasteiger partial charge on any atom is 0.261 e. The molecule has 20 heavy (non-hydrogen) atoms. The molecule has 0 spiro atoms. The molecule has 0 aromatic carbocycles. The summed E-state index contributed by atoms with van der Waals surface area (Å²) < 4.78 is 5.46. The second-order valence-electron chi connectivity index (χ2n) is 5.68. The van der Waals surface area contributed by atoms with Gasteiger partial charge in [0.2, 0.25) is 0 Å². The zero-order valence-electron chi connectivity index (χ0n) is 11.7. The minimum atomic E-state index is 0.0756. The highest BCUT2D eigenvalue weighted by Crippen LogP contribution is 2.22. The first-order valence-electron chi connectivity index (χ1n) is 7.46. The van der Waals surface area contributed by atoms with E-state index in [1.54, 1.807) is 0 Å². The fourth-order valence-electron chi connectivity index (χ4n) is 3.06. The van der Waals surface area contributed by atoms with Gasteiger partial charge in [-0.3, -0.25) is 9.69 Å². The van der Waals surface area contributed by atoms with E-state index in [0.717, 1.165) is 37.7 Å². The molecular formula is C15H22N2O2S. The Kier molecular flexibility index (Phi) is 4.70. The average Bonchev–Trinajstić information content (AvgIpc) is 3.18. The highest BCUT2D eigenvalue weighted by molar-refractivity contribution is 7.12. The minimum Gasteiger partial charge on any atom is -0.380 e. The number of piperidine rings is 1. The van der Waals surface area contributed by atoms with E-state index in [2.05, 4.69) is 10.2 Å². The number of carbonyl (C=O) groups excluding carboxylic acids is 1. The number of nitrogens with one attached hydrogen (secondary N) is 1. The molecule has 1 unspecified atom stereocenters. The second kappa shape index (κ2) is 6.70. The van der Waals surface area contributed by atoms with E-state index in [0.29, 0.717) is 12.0 Å². The van der Waals surface area contributed by atoms with Crippen LogP contribution in [0.3, 0.4) is 0 Å². The molecule has 2 fully saturated rings. The lowest BCUT2D eigenvalue weighted by Gasteiger charge is -2.35. The topological polar surface area (TPSA) is 41.6 Å². The number of amides is 1. The molecule has 1 amide bonds. The van der Waals surface area contributed by atoms with Gasteiger partial charge in [-0.25, -0.2) is 0 Å². The lowest BCUT2D eigenvalue weighted by Crippen LogP contribution is -2.43. The lowest BCUT2D eigenvalue weighted by atomic mass is 9.95. The Labute approximate surface area is 124 Å². The van der Waals surface area contributed by atoms with Crippen molar-refractivity contribution >= 4 is 17.2 Å². The molecule has 3 heterocycles. The van der Waals surface area contributed by atoms with E-state index < -0.39 is 0 Å². The summed E-state index contributed by atoms with van der Waals surface area (Å²) in [6.45, 7) is 4.92. The van der Waals surface area contributed by atoms with Crippen LogP contribution in [0.2, 0.25) is 0 Å². The molecule has 0 saturated carbocycles. The van der Waals surface area contributed by atoms with Crippen LogP contribution in [0.4, 0.5) is 0 Å². The number of nitrogens with zero attached hydrogens (tertiary/aromatic N) is 1. The number of ether oxygens (including phenoxy) is 1. The fourth-order valence-corrected chi connectivity index (χ4v) is 3.70. The number of carbonyl (C=O) groups is 1. The summed E-state index contributed by atoms with van der Waals surface area (Å²) in [5.74, 6) is 0.698. The van der Waals surface area contributed by atoms with Gasteiger partial charge < -0.3 is 10.1 Å². The SMILES string of the molecule is O=C(NCC1CCN(C2CCOC2)CC1)c1cccs1. The molecule has 0 radical (unpaired) electrons. The molecule has 1 atom stereocenters. The summed E-state index contributed by atoms with van der Waals surface area (Å²) in [4.78, 5) is 15.3. The summed E-state index contributed by atoms with van der Waals surface area (Å²) in [6.07, 6.45) is 3.54. The van der Waals surface area contributed by atoms with Crippen LogP contribution in [0.25, 0.3) is 0 Å². The van der Waals surface area contributed by atoms with Crippen molar-refractivity contribution in [1.29, 1.82) is 0 Å². The van der Waals surface area contributed by atoms with Gasteiger partial charge in [-0.1, -0.05) is 6.07 Å². The maximum absolute atomic E-state index is 11.9. The van der Waals surface area contributed by atoms with E-state index in [4.69, 9.17) is 4.74 Å². The number of rotatable bonds is 4. The second-order valence-corrected chi connectivity index (χ2v) is 6.63. The summed E-state index contributed by atoms with van der Waals surface area (Å²) >= 11 is 1.50. The third-order valence-corrected chi connectivity index (χ3v) is 5.24. The third-order valence-electron chi connectivity index (χ3n) is 4.37. The van der Waals surface area contributed by atoms with Crippen LogP contribution in [0.1, 0.15) is 28.9 Å². The summed E-state index contributed by atoms with van der Waals surface area (Å²) in [6, 6.07) is 4.43. The van der Waals surface area contributed by atoms with Gasteiger partial charge in [-0.15, -0.1) is 11.3 Å². The summed E-state index contributed by atoms with van der Waals surface area (Å²) in [7, 11) is 0. The molecule has 1 aromatic rings. The van der Waals surface area contributed by atoms with E-state index in [-0.39, 0.29) is 5.91 Å². The summed E-state index contributed by atoms with van der Waals surface area (Å²) in [5, 5.41) is 5.01. The standard InChI is InChI=1S/C15H22N2O2S/c18-15(14-2-1-9-20-14)16-10-12-3-6-17(7-4-12)13-5-8-19-11-13/h1-2,9,12-13H,3-8,10-11H2,(H,16,18). The molecule has 5 heteroatoms. The lowest BCUT2D eigenvalue weighted by molar-refractivity contribution is 0.0914. The number of hydrogen-bond acceptors (Lipinski definition) is 4. The molecule has 110 valence electrons.